The van der Waals surface area contributed by atoms with Gasteiger partial charge in [0, 0.05) is 5.69 Å². The Morgan fingerprint density at radius 2 is 2.13 bits per heavy atom. The first-order valence-electron chi connectivity index (χ1n) is 5.12. The van der Waals surface area contributed by atoms with E-state index in [1.165, 1.54) is 0 Å². The van der Waals surface area contributed by atoms with Crippen LogP contribution >= 0.6 is 0 Å². The van der Waals surface area contributed by atoms with Crippen LogP contribution in [0.15, 0.2) is 18.2 Å². The number of carbonyl (C=O) groups is 1. The third-order valence-corrected chi connectivity index (χ3v) is 2.36. The highest BCUT2D eigenvalue weighted by Gasteiger charge is 2.08. The van der Waals surface area contributed by atoms with Crippen molar-refractivity contribution in [3.63, 3.8) is 0 Å². The Hall–Kier alpha value is -1.51. The molecule has 0 aromatic heterocycles. The molecular formula is C12H17NO2. The molecule has 82 valence electrons. The Labute approximate surface area is 89.9 Å². The molecule has 0 saturated carbocycles. The van der Waals surface area contributed by atoms with Crippen molar-refractivity contribution in [1.82, 2.24) is 0 Å². The van der Waals surface area contributed by atoms with Gasteiger partial charge in [0.05, 0.1) is 5.56 Å². The number of hydrogen-bond acceptors (Lipinski definition) is 2. The predicted octanol–water partition coefficient (Wildman–Crippen LogP) is 2.56. The molecule has 3 heteroatoms. The number of nitrogens with two attached hydrogens (primary N) is 1. The van der Waals surface area contributed by atoms with E-state index in [0.29, 0.717) is 11.6 Å². The maximum absolute atomic E-state index is 10.8. The molecule has 1 aromatic rings. The number of rotatable bonds is 4. The van der Waals surface area contributed by atoms with Crippen LogP contribution in [-0.2, 0) is 6.42 Å². The molecule has 0 heterocycles. The van der Waals surface area contributed by atoms with Crippen LogP contribution in [0.2, 0.25) is 0 Å². The molecule has 3 N–H and O–H groups in total. The zero-order chi connectivity index (χ0) is 11.4. The molecule has 3 nitrogen and oxygen atoms in total. The van der Waals surface area contributed by atoms with Crippen molar-refractivity contribution in [2.45, 2.75) is 26.7 Å². The third kappa shape index (κ3) is 3.27. The second-order valence-corrected chi connectivity index (χ2v) is 4.16. The molecule has 0 amide bonds. The van der Waals surface area contributed by atoms with Gasteiger partial charge in [0.2, 0.25) is 0 Å². The summed E-state index contributed by atoms with van der Waals surface area (Å²) < 4.78 is 0. The second kappa shape index (κ2) is 4.82. The molecule has 15 heavy (non-hydrogen) atoms. The third-order valence-electron chi connectivity index (χ3n) is 2.36. The Morgan fingerprint density at radius 3 is 2.67 bits per heavy atom. The Morgan fingerprint density at radius 1 is 1.47 bits per heavy atom. The summed E-state index contributed by atoms with van der Waals surface area (Å²) in [6.45, 7) is 4.30. The fourth-order valence-corrected chi connectivity index (χ4v) is 1.40. The normalized spacial score (nSPS) is 10.6. The molecule has 0 atom stereocenters. The molecule has 0 aliphatic heterocycles. The summed E-state index contributed by atoms with van der Waals surface area (Å²) in [5.41, 5.74) is 7.14. The summed E-state index contributed by atoms with van der Waals surface area (Å²) in [4.78, 5) is 10.8. The van der Waals surface area contributed by atoms with Gasteiger partial charge in [0.25, 0.3) is 0 Å². The molecule has 1 aromatic carbocycles. The van der Waals surface area contributed by atoms with Crippen LogP contribution in [0.1, 0.15) is 36.2 Å². The number of hydrogen-bond donors (Lipinski definition) is 2. The minimum Gasteiger partial charge on any atom is -0.478 e. The average Bonchev–Trinajstić information content (AvgIpc) is 2.16. The van der Waals surface area contributed by atoms with E-state index in [1.807, 2.05) is 6.07 Å². The number of aryl methyl sites for hydroxylation is 1. The van der Waals surface area contributed by atoms with E-state index in [-0.39, 0.29) is 5.56 Å². The zero-order valence-electron chi connectivity index (χ0n) is 9.16. The van der Waals surface area contributed by atoms with Crippen LogP contribution in [0.25, 0.3) is 0 Å². The molecule has 0 aliphatic rings. The summed E-state index contributed by atoms with van der Waals surface area (Å²) in [7, 11) is 0. The maximum Gasteiger partial charge on any atom is 0.337 e. The van der Waals surface area contributed by atoms with Gasteiger partial charge < -0.3 is 10.8 Å². The molecule has 0 unspecified atom stereocenters. The quantitative estimate of drug-likeness (QED) is 0.746. The topological polar surface area (TPSA) is 63.3 Å². The van der Waals surface area contributed by atoms with Gasteiger partial charge in [-0.1, -0.05) is 19.9 Å². The summed E-state index contributed by atoms with van der Waals surface area (Å²) >= 11 is 0. The lowest BCUT2D eigenvalue weighted by Gasteiger charge is -2.07. The van der Waals surface area contributed by atoms with E-state index in [4.69, 9.17) is 10.8 Å². The Kier molecular flexibility index (Phi) is 3.72. The Bertz CT molecular complexity index is 359. The van der Waals surface area contributed by atoms with Crippen LogP contribution in [-0.4, -0.2) is 11.1 Å². The van der Waals surface area contributed by atoms with Crippen molar-refractivity contribution in [2.75, 3.05) is 5.73 Å². The minimum absolute atomic E-state index is 0.205. The fraction of sp³-hybridized carbons (Fsp3) is 0.417. The van der Waals surface area contributed by atoms with Gasteiger partial charge in [-0.2, -0.15) is 0 Å². The molecule has 0 bridgehead atoms. The van der Waals surface area contributed by atoms with Gasteiger partial charge in [-0.15, -0.1) is 0 Å². The van der Waals surface area contributed by atoms with Crippen molar-refractivity contribution in [3.8, 4) is 0 Å². The van der Waals surface area contributed by atoms with E-state index in [1.54, 1.807) is 12.1 Å². The van der Waals surface area contributed by atoms with E-state index in [0.717, 1.165) is 18.4 Å². The van der Waals surface area contributed by atoms with Crippen LogP contribution < -0.4 is 5.73 Å². The highest BCUT2D eigenvalue weighted by Crippen LogP contribution is 2.16. The molecule has 0 fully saturated rings. The Balaban J connectivity index is 2.83. The highest BCUT2D eigenvalue weighted by molar-refractivity contribution is 5.93. The summed E-state index contributed by atoms with van der Waals surface area (Å²) in [5, 5.41) is 8.89. The smallest absolute Gasteiger partial charge is 0.337 e. The number of anilines is 1. The van der Waals surface area contributed by atoms with Gasteiger partial charge >= 0.3 is 5.97 Å². The number of nitrogen functional groups attached to an aromatic ring is 1. The van der Waals surface area contributed by atoms with Crippen LogP contribution in [0.3, 0.4) is 0 Å². The van der Waals surface area contributed by atoms with Gasteiger partial charge in [-0.05, 0) is 36.5 Å². The summed E-state index contributed by atoms with van der Waals surface area (Å²) in [6, 6.07) is 5.23. The molecule has 1 rings (SSSR count). The monoisotopic (exact) mass is 207 g/mol. The van der Waals surface area contributed by atoms with Crippen molar-refractivity contribution >= 4 is 11.7 Å². The summed E-state index contributed by atoms with van der Waals surface area (Å²) in [6.07, 6.45) is 1.96. The van der Waals surface area contributed by atoms with E-state index in [9.17, 15) is 4.79 Å². The van der Waals surface area contributed by atoms with Gasteiger partial charge in [0.1, 0.15) is 0 Å². The van der Waals surface area contributed by atoms with Crippen molar-refractivity contribution in [3.05, 3.63) is 29.3 Å². The maximum atomic E-state index is 10.8. The first-order chi connectivity index (χ1) is 7.00. The van der Waals surface area contributed by atoms with E-state index >= 15 is 0 Å². The minimum atomic E-state index is -0.959. The standard InChI is InChI=1S/C12H17NO2/c1-8(2)3-4-9-5-6-11(13)10(7-9)12(14)15/h5-8H,3-4,13H2,1-2H3,(H,14,15). The second-order valence-electron chi connectivity index (χ2n) is 4.16. The highest BCUT2D eigenvalue weighted by atomic mass is 16.4. The van der Waals surface area contributed by atoms with Gasteiger partial charge in [-0.25, -0.2) is 4.79 Å². The number of aromatic carboxylic acids is 1. The van der Waals surface area contributed by atoms with Gasteiger partial charge in [-0.3, -0.25) is 0 Å². The molecule has 0 aliphatic carbocycles. The molecular weight excluding hydrogens is 190 g/mol. The first-order valence-corrected chi connectivity index (χ1v) is 5.12. The molecule has 0 radical (unpaired) electrons. The van der Waals surface area contributed by atoms with Gasteiger partial charge in [0.15, 0.2) is 0 Å². The molecule has 0 saturated heterocycles. The SMILES string of the molecule is CC(C)CCc1ccc(N)c(C(=O)O)c1. The van der Waals surface area contributed by atoms with Crippen LogP contribution in [0.5, 0.6) is 0 Å². The lowest BCUT2D eigenvalue weighted by atomic mass is 10.0. The van der Waals surface area contributed by atoms with Crippen LogP contribution in [0.4, 0.5) is 5.69 Å². The molecule has 0 spiro atoms. The predicted molar refractivity (Wildman–Crippen MR) is 61.0 cm³/mol. The van der Waals surface area contributed by atoms with Crippen LogP contribution in [0, 0.1) is 5.92 Å². The van der Waals surface area contributed by atoms with Crippen molar-refractivity contribution in [1.29, 1.82) is 0 Å². The largest absolute Gasteiger partial charge is 0.478 e. The fourth-order valence-electron chi connectivity index (χ4n) is 1.40. The number of carboxylic acids is 1. The lowest BCUT2D eigenvalue weighted by Crippen LogP contribution is -2.03. The average molecular weight is 207 g/mol. The zero-order valence-corrected chi connectivity index (χ0v) is 9.16. The van der Waals surface area contributed by atoms with Crippen molar-refractivity contribution in [2.24, 2.45) is 5.92 Å². The van der Waals surface area contributed by atoms with E-state index < -0.39 is 5.97 Å². The summed E-state index contributed by atoms with van der Waals surface area (Å²) in [5.74, 6) is -0.338. The first kappa shape index (κ1) is 11.6. The van der Waals surface area contributed by atoms with E-state index in [2.05, 4.69) is 13.8 Å². The van der Waals surface area contributed by atoms with Crippen molar-refractivity contribution < 1.29 is 9.90 Å². The lowest BCUT2D eigenvalue weighted by molar-refractivity contribution is 0.0698. The number of benzene rings is 1. The number of carboxylic acid groups (broad SMARTS) is 1.